The normalized spacial score (nSPS) is 13.8. The van der Waals surface area contributed by atoms with E-state index in [9.17, 15) is 18.5 Å². The summed E-state index contributed by atoms with van der Waals surface area (Å²) in [6.07, 6.45) is 3.26. The van der Waals surface area contributed by atoms with Gasteiger partial charge in [-0.3, -0.25) is 0 Å². The second kappa shape index (κ2) is 11.3. The first-order chi connectivity index (χ1) is 19.8. The maximum absolute atomic E-state index is 14.8. The Morgan fingerprint density at radius 1 is 1.10 bits per heavy atom. The summed E-state index contributed by atoms with van der Waals surface area (Å²) in [5, 5.41) is 22.5. The molecule has 5 aromatic rings. The van der Waals surface area contributed by atoms with Crippen molar-refractivity contribution in [1.82, 2.24) is 14.8 Å². The number of aromatic nitrogens is 3. The molecule has 1 aliphatic carbocycles. The molecule has 0 amide bonds. The van der Waals surface area contributed by atoms with Crippen LogP contribution in [0.5, 0.6) is 0 Å². The molecule has 1 aliphatic rings. The van der Waals surface area contributed by atoms with E-state index >= 15 is 0 Å². The van der Waals surface area contributed by atoms with Crippen LogP contribution in [0, 0.1) is 11.7 Å². The molecule has 3 aromatic carbocycles. The lowest BCUT2D eigenvalue weighted by Gasteiger charge is -2.10. The predicted molar refractivity (Wildman–Crippen MR) is 158 cm³/mol. The number of carboxylic acids is 1. The van der Waals surface area contributed by atoms with Crippen LogP contribution < -0.4 is 5.14 Å². The Bertz CT molecular complexity index is 1820. The first-order valence-electron chi connectivity index (χ1n) is 12.9. The Hall–Kier alpha value is -3.70. The number of hydrogen-bond acceptors (Lipinski definition) is 5. The molecule has 0 spiro atoms. The zero-order valence-corrected chi connectivity index (χ0v) is 24.0. The number of carboxylic acid groups (broad SMARTS) is 1. The van der Waals surface area contributed by atoms with Crippen LogP contribution in [0.1, 0.15) is 40.2 Å². The van der Waals surface area contributed by atoms with Gasteiger partial charge < -0.3 is 5.11 Å². The number of nitrogens with zero attached hydrogens (tertiary/aromatic N) is 3. The van der Waals surface area contributed by atoms with Gasteiger partial charge in [0.1, 0.15) is 16.8 Å². The number of aromatic carboxylic acids is 1. The molecular formula is C30H24ClFN4O3S2. The van der Waals surface area contributed by atoms with Gasteiger partial charge in [-0.25, -0.2) is 28.2 Å². The first-order valence-corrected chi connectivity index (χ1v) is 15.3. The van der Waals surface area contributed by atoms with Crippen molar-refractivity contribution >= 4 is 39.9 Å². The summed E-state index contributed by atoms with van der Waals surface area (Å²) in [6.45, 7) is 0. The number of thiazole rings is 1. The lowest BCUT2D eigenvalue weighted by molar-refractivity contribution is 0.0691. The van der Waals surface area contributed by atoms with Crippen molar-refractivity contribution < 1.29 is 18.5 Å². The van der Waals surface area contributed by atoms with Crippen molar-refractivity contribution in [1.29, 1.82) is 0 Å². The molecule has 208 valence electrons. The fourth-order valence-electron chi connectivity index (χ4n) is 4.86. The fourth-order valence-corrected chi connectivity index (χ4v) is 6.28. The lowest BCUT2D eigenvalue weighted by atomic mass is 9.95. The molecule has 0 aliphatic heterocycles. The van der Waals surface area contributed by atoms with Crippen molar-refractivity contribution in [3.05, 3.63) is 105 Å². The van der Waals surface area contributed by atoms with Crippen LogP contribution >= 0.6 is 22.9 Å². The third-order valence-electron chi connectivity index (χ3n) is 7.05. The largest absolute Gasteiger partial charge is 0.476 e. The van der Waals surface area contributed by atoms with Gasteiger partial charge in [0.05, 0.1) is 16.3 Å². The van der Waals surface area contributed by atoms with Gasteiger partial charge in [-0.2, -0.15) is 5.10 Å². The molecule has 0 radical (unpaired) electrons. The van der Waals surface area contributed by atoms with Crippen LogP contribution in [0.2, 0.25) is 5.02 Å². The Balaban J connectivity index is 1.52. The third kappa shape index (κ3) is 5.87. The van der Waals surface area contributed by atoms with E-state index in [0.717, 1.165) is 47.2 Å². The Kier molecular flexibility index (Phi) is 7.56. The van der Waals surface area contributed by atoms with Gasteiger partial charge in [0.2, 0.25) is 5.13 Å². The van der Waals surface area contributed by atoms with Gasteiger partial charge in [0, 0.05) is 28.0 Å². The highest BCUT2D eigenvalue weighted by Crippen LogP contribution is 2.39. The van der Waals surface area contributed by atoms with Crippen molar-refractivity contribution in [2.75, 3.05) is 0 Å². The number of rotatable bonds is 9. The summed E-state index contributed by atoms with van der Waals surface area (Å²) in [7, 11) is -1.93. The number of halogens is 2. The van der Waals surface area contributed by atoms with E-state index in [1.807, 2.05) is 48.5 Å². The van der Waals surface area contributed by atoms with Gasteiger partial charge in [-0.1, -0.05) is 48.0 Å². The van der Waals surface area contributed by atoms with E-state index in [-0.39, 0.29) is 10.6 Å². The van der Waals surface area contributed by atoms with E-state index in [4.69, 9.17) is 21.8 Å². The topological polar surface area (TPSA) is 111 Å². The van der Waals surface area contributed by atoms with Gasteiger partial charge >= 0.3 is 5.97 Å². The molecule has 7 nitrogen and oxygen atoms in total. The molecule has 2 heterocycles. The van der Waals surface area contributed by atoms with E-state index < -0.39 is 22.8 Å². The summed E-state index contributed by atoms with van der Waals surface area (Å²) in [5.74, 6) is -1.26. The molecule has 0 bridgehead atoms. The van der Waals surface area contributed by atoms with Crippen LogP contribution in [0.3, 0.4) is 0 Å². The summed E-state index contributed by atoms with van der Waals surface area (Å²) >= 11 is 7.47. The fraction of sp³-hybridized carbons (Fsp3) is 0.167. The standard InChI is InChI=1S/C30H24ClFN4O3S2/c31-22-6-2-4-20(15-22)19-3-1-5-21(14-19)28-23(11-18-9-10-27(41(33)39)24(32)12-18)26(13-17-7-8-17)36(35-28)30-34-25(16-40-30)29(37)38/h1-6,9-10,12,14-17H,7-8,11,13,33H2,(H,37,38). The molecule has 0 saturated heterocycles. The smallest absolute Gasteiger partial charge is 0.355 e. The summed E-state index contributed by atoms with van der Waals surface area (Å²) in [5.41, 5.74) is 5.89. The van der Waals surface area contributed by atoms with Crippen LogP contribution in [0.25, 0.3) is 27.5 Å². The highest BCUT2D eigenvalue weighted by molar-refractivity contribution is 7.82. The highest BCUT2D eigenvalue weighted by Gasteiger charge is 2.29. The zero-order valence-electron chi connectivity index (χ0n) is 21.6. The number of hydrogen-bond donors (Lipinski definition) is 2. The van der Waals surface area contributed by atoms with Gasteiger partial charge in [0.25, 0.3) is 0 Å². The second-order valence-corrected chi connectivity index (χ2v) is 12.3. The quantitative estimate of drug-likeness (QED) is 0.194. The molecule has 11 heteroatoms. The van der Waals surface area contributed by atoms with Crippen molar-refractivity contribution in [2.24, 2.45) is 11.1 Å². The number of benzene rings is 3. The molecule has 2 aromatic heterocycles. The van der Waals surface area contributed by atoms with E-state index in [1.54, 1.807) is 10.7 Å². The van der Waals surface area contributed by atoms with Gasteiger partial charge in [0.15, 0.2) is 5.69 Å². The number of nitrogens with two attached hydrogens (primary N) is 1. The maximum atomic E-state index is 14.8. The van der Waals surface area contributed by atoms with Crippen LogP contribution in [-0.4, -0.2) is 30.0 Å². The van der Waals surface area contributed by atoms with Crippen LogP contribution in [0.15, 0.2) is 77.0 Å². The van der Waals surface area contributed by atoms with Crippen LogP contribution in [-0.2, 0) is 23.8 Å². The molecule has 6 rings (SSSR count). The average Bonchev–Trinajstić information content (AvgIpc) is 3.50. The van der Waals surface area contributed by atoms with Crippen molar-refractivity contribution in [2.45, 2.75) is 30.6 Å². The van der Waals surface area contributed by atoms with Crippen LogP contribution in [0.4, 0.5) is 4.39 Å². The SMILES string of the molecule is NS(=O)c1ccc(Cc2c(-c3cccc(-c4cccc(Cl)c4)c3)nn(-c3nc(C(=O)O)cs3)c2CC2CC2)cc1F. The molecule has 1 saturated carbocycles. The highest BCUT2D eigenvalue weighted by atomic mass is 35.5. The minimum atomic E-state index is -1.93. The summed E-state index contributed by atoms with van der Waals surface area (Å²) < 4.78 is 28.3. The van der Waals surface area contributed by atoms with Gasteiger partial charge in [-0.15, -0.1) is 11.3 Å². The van der Waals surface area contributed by atoms with Gasteiger partial charge in [-0.05, 0) is 72.2 Å². The van der Waals surface area contributed by atoms with E-state index in [0.29, 0.717) is 33.8 Å². The minimum Gasteiger partial charge on any atom is -0.476 e. The van der Waals surface area contributed by atoms with Crippen molar-refractivity contribution in [3.63, 3.8) is 0 Å². The number of carbonyl (C=O) groups is 1. The third-order valence-corrected chi connectivity index (χ3v) is 8.86. The molecular weight excluding hydrogens is 583 g/mol. The van der Waals surface area contributed by atoms with E-state index in [1.165, 1.54) is 28.8 Å². The Morgan fingerprint density at radius 2 is 1.83 bits per heavy atom. The predicted octanol–water partition coefficient (Wildman–Crippen LogP) is 6.68. The monoisotopic (exact) mass is 606 g/mol. The summed E-state index contributed by atoms with van der Waals surface area (Å²) in [4.78, 5) is 15.9. The molecule has 41 heavy (non-hydrogen) atoms. The molecule has 1 fully saturated rings. The summed E-state index contributed by atoms with van der Waals surface area (Å²) in [6, 6.07) is 20.1. The molecule has 1 unspecified atom stereocenters. The lowest BCUT2D eigenvalue weighted by Crippen LogP contribution is -2.07. The van der Waals surface area contributed by atoms with Crippen molar-refractivity contribution in [3.8, 4) is 27.5 Å². The Morgan fingerprint density at radius 3 is 2.49 bits per heavy atom. The molecule has 3 N–H and O–H groups in total. The Labute approximate surface area is 247 Å². The maximum Gasteiger partial charge on any atom is 0.355 e. The minimum absolute atomic E-state index is 0.0450. The first kappa shape index (κ1) is 27.5. The second-order valence-electron chi connectivity index (χ2n) is 9.98. The zero-order chi connectivity index (χ0) is 28.7. The average molecular weight is 607 g/mol. The molecule has 1 atom stereocenters. The van der Waals surface area contributed by atoms with E-state index in [2.05, 4.69) is 4.98 Å².